The van der Waals surface area contributed by atoms with Gasteiger partial charge in [0.1, 0.15) is 0 Å². The number of likely N-dealkylation sites (tertiary alicyclic amines) is 1. The van der Waals surface area contributed by atoms with E-state index in [1.165, 1.54) is 19.3 Å². The molecule has 3 fully saturated rings. The van der Waals surface area contributed by atoms with Crippen molar-refractivity contribution in [1.29, 1.82) is 0 Å². The monoisotopic (exact) mass is 363 g/mol. The summed E-state index contributed by atoms with van der Waals surface area (Å²) in [6, 6.07) is 1.22. The molecule has 4 aliphatic rings. The molecule has 26 heavy (non-hydrogen) atoms. The van der Waals surface area contributed by atoms with E-state index in [0.29, 0.717) is 31.1 Å². The van der Waals surface area contributed by atoms with Crippen LogP contribution in [0.2, 0.25) is 0 Å². The van der Waals surface area contributed by atoms with Crippen LogP contribution in [0.15, 0.2) is 4.99 Å². The van der Waals surface area contributed by atoms with Gasteiger partial charge in [-0.3, -0.25) is 19.9 Å². The lowest BCUT2D eigenvalue weighted by Crippen LogP contribution is -2.55. The molecule has 0 aromatic heterocycles. The minimum absolute atomic E-state index is 0.303. The minimum atomic E-state index is 0.303. The second-order valence-electron chi connectivity index (χ2n) is 8.13. The molecule has 7 nitrogen and oxygen atoms in total. The van der Waals surface area contributed by atoms with Crippen molar-refractivity contribution in [3.63, 3.8) is 0 Å². The fourth-order valence-electron chi connectivity index (χ4n) is 4.81. The summed E-state index contributed by atoms with van der Waals surface area (Å²) in [6.07, 6.45) is 6.14. The highest BCUT2D eigenvalue weighted by Gasteiger charge is 2.34. The van der Waals surface area contributed by atoms with E-state index in [-0.39, 0.29) is 0 Å². The number of carbonyl (C=O) groups excluding carboxylic acids is 1. The zero-order chi connectivity index (χ0) is 17.9. The van der Waals surface area contributed by atoms with Crippen molar-refractivity contribution < 1.29 is 9.53 Å². The third-order valence-electron chi connectivity index (χ3n) is 6.73. The molecule has 0 bridgehead atoms. The van der Waals surface area contributed by atoms with Gasteiger partial charge in [-0.15, -0.1) is 0 Å². The Labute approximate surface area is 156 Å². The van der Waals surface area contributed by atoms with E-state index in [4.69, 9.17) is 4.74 Å². The Hall–Kier alpha value is -1.18. The first-order valence-corrected chi connectivity index (χ1v) is 10.3. The quantitative estimate of drug-likeness (QED) is 0.785. The number of methoxy groups -OCH3 is 1. The Bertz CT molecular complexity index is 528. The van der Waals surface area contributed by atoms with Crippen LogP contribution < -0.4 is 5.32 Å². The zero-order valence-electron chi connectivity index (χ0n) is 16.0. The highest BCUT2D eigenvalue weighted by molar-refractivity contribution is 5.80. The van der Waals surface area contributed by atoms with E-state index < -0.39 is 0 Å². The van der Waals surface area contributed by atoms with Gasteiger partial charge in [-0.2, -0.15) is 0 Å². The van der Waals surface area contributed by atoms with Gasteiger partial charge < -0.3 is 9.64 Å². The van der Waals surface area contributed by atoms with Crippen LogP contribution in [0.5, 0.6) is 0 Å². The van der Waals surface area contributed by atoms with Gasteiger partial charge in [0.05, 0.1) is 26.2 Å². The lowest BCUT2D eigenvalue weighted by atomic mass is 9.91. The summed E-state index contributed by atoms with van der Waals surface area (Å²) in [5, 5.41) is 3.49. The Morgan fingerprint density at radius 1 is 1.12 bits per heavy atom. The first-order chi connectivity index (χ1) is 12.7. The number of nitrogens with zero attached hydrogens (tertiary/aromatic N) is 4. The fraction of sp³-hybridized carbons (Fsp3) is 0.895. The molecule has 1 saturated carbocycles. The fourth-order valence-corrected chi connectivity index (χ4v) is 4.81. The van der Waals surface area contributed by atoms with Crippen LogP contribution in [-0.4, -0.2) is 98.2 Å². The van der Waals surface area contributed by atoms with Crippen molar-refractivity contribution in [3.8, 4) is 0 Å². The van der Waals surface area contributed by atoms with Crippen LogP contribution in [0.3, 0.4) is 0 Å². The van der Waals surface area contributed by atoms with E-state index in [2.05, 4.69) is 25.0 Å². The second kappa shape index (κ2) is 8.23. The summed E-state index contributed by atoms with van der Waals surface area (Å²) in [5.41, 5.74) is 0. The number of carbonyl (C=O) groups is 1. The molecule has 1 N–H and O–H groups in total. The first kappa shape index (κ1) is 18.2. The number of rotatable bonds is 3. The standard InChI is InChI=1S/C19H33N5O2/c1-26-19-16-5-7-22(8-6-17(16)20-14-21-19)13-18(25)24-11-9-23(10-12-24)15-3-2-4-15/h15-17,20H,2-14H2,1H3. The van der Waals surface area contributed by atoms with Gasteiger partial charge >= 0.3 is 0 Å². The van der Waals surface area contributed by atoms with Crippen molar-refractivity contribution in [1.82, 2.24) is 20.0 Å². The molecule has 2 atom stereocenters. The summed E-state index contributed by atoms with van der Waals surface area (Å²) >= 11 is 0. The number of fused-ring (bicyclic) bond motifs is 1. The van der Waals surface area contributed by atoms with E-state index >= 15 is 0 Å². The van der Waals surface area contributed by atoms with Gasteiger partial charge in [-0.1, -0.05) is 6.42 Å². The molecule has 1 amide bonds. The third kappa shape index (κ3) is 3.89. The van der Waals surface area contributed by atoms with Crippen molar-refractivity contribution in [2.45, 2.75) is 44.2 Å². The predicted molar refractivity (Wildman–Crippen MR) is 101 cm³/mol. The van der Waals surface area contributed by atoms with Crippen molar-refractivity contribution >= 4 is 11.8 Å². The van der Waals surface area contributed by atoms with Crippen LogP contribution in [-0.2, 0) is 9.53 Å². The Balaban J connectivity index is 1.25. The number of hydrogen-bond acceptors (Lipinski definition) is 6. The highest BCUT2D eigenvalue weighted by atomic mass is 16.5. The SMILES string of the molecule is COC1=NCNC2CCN(CC(=O)N3CCN(C4CCC4)CC3)CCC12. The molecule has 0 aromatic carbocycles. The molecule has 2 saturated heterocycles. The minimum Gasteiger partial charge on any atom is -0.484 e. The van der Waals surface area contributed by atoms with E-state index in [1.54, 1.807) is 7.11 Å². The van der Waals surface area contributed by atoms with Gasteiger partial charge in [-0.25, -0.2) is 4.99 Å². The summed E-state index contributed by atoms with van der Waals surface area (Å²) in [7, 11) is 1.72. The molecule has 3 aliphatic heterocycles. The van der Waals surface area contributed by atoms with Crippen molar-refractivity contribution in [2.24, 2.45) is 10.9 Å². The van der Waals surface area contributed by atoms with Crippen molar-refractivity contribution in [3.05, 3.63) is 0 Å². The van der Waals surface area contributed by atoms with Crippen molar-refractivity contribution in [2.75, 3.05) is 59.6 Å². The molecule has 0 radical (unpaired) electrons. The molecule has 4 rings (SSSR count). The average Bonchev–Trinajstić information content (AvgIpc) is 2.83. The van der Waals surface area contributed by atoms with Crippen LogP contribution in [0.1, 0.15) is 32.1 Å². The maximum Gasteiger partial charge on any atom is 0.236 e. The lowest BCUT2D eigenvalue weighted by Gasteiger charge is -2.43. The largest absolute Gasteiger partial charge is 0.484 e. The Morgan fingerprint density at radius 2 is 1.88 bits per heavy atom. The maximum atomic E-state index is 12.8. The number of piperazine rings is 1. The summed E-state index contributed by atoms with van der Waals surface area (Å²) < 4.78 is 5.48. The van der Waals surface area contributed by atoms with Gasteiger partial charge in [0.25, 0.3) is 0 Å². The number of hydrogen-bond donors (Lipinski definition) is 1. The second-order valence-corrected chi connectivity index (χ2v) is 8.13. The first-order valence-electron chi connectivity index (χ1n) is 10.3. The summed E-state index contributed by atoms with van der Waals surface area (Å²) in [6.45, 7) is 7.03. The molecule has 1 aliphatic carbocycles. The third-order valence-corrected chi connectivity index (χ3v) is 6.73. The molecule has 0 aromatic rings. The number of aliphatic imine (C=N–C) groups is 1. The Morgan fingerprint density at radius 3 is 2.58 bits per heavy atom. The smallest absolute Gasteiger partial charge is 0.236 e. The molecule has 3 heterocycles. The molecule has 0 spiro atoms. The number of amides is 1. The normalized spacial score (nSPS) is 31.6. The molecular weight excluding hydrogens is 330 g/mol. The van der Waals surface area contributed by atoms with Gasteiger partial charge in [0.2, 0.25) is 5.91 Å². The van der Waals surface area contributed by atoms with Gasteiger partial charge in [0.15, 0.2) is 5.90 Å². The zero-order valence-corrected chi connectivity index (χ0v) is 16.0. The Kier molecular flexibility index (Phi) is 5.76. The summed E-state index contributed by atoms with van der Waals surface area (Å²) in [5.74, 6) is 1.53. The highest BCUT2D eigenvalue weighted by Crippen LogP contribution is 2.26. The summed E-state index contributed by atoms with van der Waals surface area (Å²) in [4.78, 5) is 24.2. The predicted octanol–water partition coefficient (Wildman–Crippen LogP) is 0.369. The molecule has 146 valence electrons. The van der Waals surface area contributed by atoms with Gasteiger partial charge in [-0.05, 0) is 32.2 Å². The molecule has 2 unspecified atom stereocenters. The van der Waals surface area contributed by atoms with E-state index in [1.807, 2.05) is 0 Å². The van der Waals surface area contributed by atoms with E-state index in [9.17, 15) is 4.79 Å². The van der Waals surface area contributed by atoms with Crippen LogP contribution in [0.25, 0.3) is 0 Å². The lowest BCUT2D eigenvalue weighted by molar-refractivity contribution is -0.134. The molecule has 7 heteroatoms. The van der Waals surface area contributed by atoms with Gasteiger partial charge in [0, 0.05) is 44.8 Å². The van der Waals surface area contributed by atoms with Crippen LogP contribution in [0.4, 0.5) is 0 Å². The van der Waals surface area contributed by atoms with Crippen LogP contribution in [0, 0.1) is 5.92 Å². The van der Waals surface area contributed by atoms with Crippen LogP contribution >= 0.6 is 0 Å². The average molecular weight is 364 g/mol. The maximum absolute atomic E-state index is 12.8. The van der Waals surface area contributed by atoms with E-state index in [0.717, 1.165) is 64.0 Å². The molecular formula is C19H33N5O2. The number of nitrogens with one attached hydrogen (secondary N) is 1. The number of ether oxygens (including phenoxy) is 1. The topological polar surface area (TPSA) is 60.4 Å².